The maximum absolute atomic E-state index is 9.55. The number of hydrogen-bond donors (Lipinski definition) is 2. The maximum atomic E-state index is 9.55. The van der Waals surface area contributed by atoms with Crippen LogP contribution < -0.4 is 5.32 Å². The number of aliphatic hydroxyl groups is 1. The number of nitrogens with one attached hydrogen (secondary N) is 1. The highest BCUT2D eigenvalue weighted by Crippen LogP contribution is 2.28. The summed E-state index contributed by atoms with van der Waals surface area (Å²) in [5, 5.41) is 13.2. The fraction of sp³-hybridized carbons (Fsp3) is 1.00. The van der Waals surface area contributed by atoms with E-state index in [-0.39, 0.29) is 0 Å². The third-order valence-electron chi connectivity index (χ3n) is 4.34. The first-order chi connectivity index (χ1) is 9.00. The zero-order chi connectivity index (χ0) is 14.3. The van der Waals surface area contributed by atoms with Crippen LogP contribution in [0.25, 0.3) is 0 Å². The van der Waals surface area contributed by atoms with Crippen LogP contribution in [-0.4, -0.2) is 48.3 Å². The van der Waals surface area contributed by atoms with E-state index in [1.165, 1.54) is 25.7 Å². The average molecular weight is 270 g/mol. The molecule has 1 heterocycles. The molecule has 0 spiro atoms. The Labute approximate surface area is 119 Å². The highest BCUT2D eigenvalue weighted by Gasteiger charge is 2.30. The molecule has 2 atom stereocenters. The van der Waals surface area contributed by atoms with Crippen molar-refractivity contribution in [3.05, 3.63) is 0 Å². The summed E-state index contributed by atoms with van der Waals surface area (Å²) in [7, 11) is 0. The predicted octanol–water partition coefficient (Wildman–Crippen LogP) is 2.64. The molecule has 0 aromatic carbocycles. The van der Waals surface area contributed by atoms with Crippen LogP contribution in [0.15, 0.2) is 0 Å². The molecule has 0 bridgehead atoms. The van der Waals surface area contributed by atoms with Gasteiger partial charge in [-0.15, -0.1) is 0 Å². The minimum absolute atomic E-state index is 0.319. The van der Waals surface area contributed by atoms with Gasteiger partial charge in [-0.3, -0.25) is 4.90 Å². The minimum Gasteiger partial charge on any atom is -0.395 e. The first-order valence-electron chi connectivity index (χ1n) is 8.09. The van der Waals surface area contributed by atoms with Crippen molar-refractivity contribution < 1.29 is 5.11 Å². The molecule has 1 rings (SSSR count). The summed E-state index contributed by atoms with van der Waals surface area (Å²) in [6, 6.07) is 0.940. The van der Waals surface area contributed by atoms with Crippen LogP contribution in [-0.2, 0) is 0 Å². The van der Waals surface area contributed by atoms with Crippen molar-refractivity contribution in [1.82, 2.24) is 10.2 Å². The molecular weight excluding hydrogens is 236 g/mol. The van der Waals surface area contributed by atoms with Crippen LogP contribution >= 0.6 is 0 Å². The fourth-order valence-corrected chi connectivity index (χ4v) is 3.24. The van der Waals surface area contributed by atoms with Crippen molar-refractivity contribution in [2.75, 3.05) is 26.2 Å². The van der Waals surface area contributed by atoms with Gasteiger partial charge in [0, 0.05) is 25.2 Å². The molecular formula is C16H34N2O. The van der Waals surface area contributed by atoms with E-state index < -0.39 is 0 Å². The third kappa shape index (κ3) is 5.80. The van der Waals surface area contributed by atoms with Gasteiger partial charge in [0.05, 0.1) is 6.61 Å². The molecule has 0 aromatic heterocycles. The zero-order valence-corrected chi connectivity index (χ0v) is 13.4. The summed E-state index contributed by atoms with van der Waals surface area (Å²) in [5.74, 6) is 0. The summed E-state index contributed by atoms with van der Waals surface area (Å²) in [5.41, 5.74) is 0.323. The number of hydrogen-bond acceptors (Lipinski definition) is 3. The molecule has 1 saturated heterocycles. The molecule has 2 unspecified atom stereocenters. The molecule has 1 fully saturated rings. The van der Waals surface area contributed by atoms with E-state index >= 15 is 0 Å². The number of aliphatic hydroxyl groups excluding tert-OH is 1. The Hall–Kier alpha value is -0.120. The minimum atomic E-state index is 0.319. The van der Waals surface area contributed by atoms with Gasteiger partial charge in [-0.2, -0.15) is 0 Å². The van der Waals surface area contributed by atoms with E-state index in [1.807, 2.05) is 0 Å². The molecule has 114 valence electrons. The monoisotopic (exact) mass is 270 g/mol. The van der Waals surface area contributed by atoms with Gasteiger partial charge in [0.25, 0.3) is 0 Å². The lowest BCUT2D eigenvalue weighted by molar-refractivity contribution is 0.0485. The number of likely N-dealkylation sites (tertiary alicyclic amines) is 1. The number of rotatable bonds is 8. The topological polar surface area (TPSA) is 35.5 Å². The van der Waals surface area contributed by atoms with E-state index in [0.29, 0.717) is 24.1 Å². The van der Waals surface area contributed by atoms with Gasteiger partial charge in [0.2, 0.25) is 0 Å². The normalized spacial score (nSPS) is 24.6. The Morgan fingerprint density at radius 3 is 2.68 bits per heavy atom. The van der Waals surface area contributed by atoms with Gasteiger partial charge in [-0.1, -0.05) is 40.5 Å². The smallest absolute Gasteiger partial charge is 0.0586 e. The van der Waals surface area contributed by atoms with Gasteiger partial charge in [-0.05, 0) is 31.2 Å². The summed E-state index contributed by atoms with van der Waals surface area (Å²) in [6.45, 7) is 12.8. The van der Waals surface area contributed by atoms with Crippen LogP contribution in [0.1, 0.15) is 59.8 Å². The van der Waals surface area contributed by atoms with Gasteiger partial charge in [0.1, 0.15) is 0 Å². The first kappa shape index (κ1) is 16.9. The highest BCUT2D eigenvalue weighted by molar-refractivity contribution is 4.86. The Balaban J connectivity index is 2.59. The van der Waals surface area contributed by atoms with Crippen molar-refractivity contribution in [2.24, 2.45) is 5.41 Å². The largest absolute Gasteiger partial charge is 0.395 e. The molecule has 1 aliphatic heterocycles. The Kier molecular flexibility index (Phi) is 7.33. The molecule has 2 N–H and O–H groups in total. The number of nitrogens with zero attached hydrogens (tertiary/aromatic N) is 1. The summed E-state index contributed by atoms with van der Waals surface area (Å²) < 4.78 is 0. The van der Waals surface area contributed by atoms with Crippen molar-refractivity contribution in [1.29, 1.82) is 0 Å². The summed E-state index contributed by atoms with van der Waals surface area (Å²) >= 11 is 0. The lowest BCUT2D eigenvalue weighted by atomic mass is 9.83. The average Bonchev–Trinajstić information content (AvgIpc) is 2.37. The van der Waals surface area contributed by atoms with E-state index in [2.05, 4.69) is 37.9 Å². The highest BCUT2D eigenvalue weighted by atomic mass is 16.3. The van der Waals surface area contributed by atoms with Gasteiger partial charge in [0.15, 0.2) is 0 Å². The molecule has 0 amide bonds. The quantitative estimate of drug-likeness (QED) is 0.712. The Bertz CT molecular complexity index is 245. The van der Waals surface area contributed by atoms with Gasteiger partial charge < -0.3 is 10.4 Å². The summed E-state index contributed by atoms with van der Waals surface area (Å²) in [4.78, 5) is 2.53. The van der Waals surface area contributed by atoms with E-state index in [0.717, 1.165) is 26.1 Å². The van der Waals surface area contributed by atoms with Crippen LogP contribution in [0.4, 0.5) is 0 Å². The molecule has 3 heteroatoms. The SMILES string of the molecule is CCCC(C)(CNC(C)C)CN1CCCCC1CO. The predicted molar refractivity (Wildman–Crippen MR) is 82.5 cm³/mol. The lowest BCUT2D eigenvalue weighted by Crippen LogP contribution is -2.50. The van der Waals surface area contributed by atoms with Crippen molar-refractivity contribution >= 4 is 0 Å². The van der Waals surface area contributed by atoms with Crippen molar-refractivity contribution in [2.45, 2.75) is 71.9 Å². The second-order valence-corrected chi connectivity index (χ2v) is 6.90. The zero-order valence-electron chi connectivity index (χ0n) is 13.4. The van der Waals surface area contributed by atoms with E-state index in [9.17, 15) is 5.11 Å². The van der Waals surface area contributed by atoms with Crippen molar-refractivity contribution in [3.63, 3.8) is 0 Å². The third-order valence-corrected chi connectivity index (χ3v) is 4.34. The van der Waals surface area contributed by atoms with Gasteiger partial charge >= 0.3 is 0 Å². The van der Waals surface area contributed by atoms with Crippen LogP contribution in [0, 0.1) is 5.41 Å². The Morgan fingerprint density at radius 1 is 1.37 bits per heavy atom. The molecule has 0 saturated carbocycles. The lowest BCUT2D eigenvalue weighted by Gasteiger charge is -2.42. The van der Waals surface area contributed by atoms with Crippen LogP contribution in [0.2, 0.25) is 0 Å². The molecule has 0 aliphatic carbocycles. The first-order valence-corrected chi connectivity index (χ1v) is 8.09. The standard InChI is InChI=1S/C16H34N2O/c1-5-9-16(4,12-17-14(2)3)13-18-10-7-6-8-15(18)11-19/h14-15,17,19H,5-13H2,1-4H3. The number of piperidine rings is 1. The Morgan fingerprint density at radius 2 is 2.11 bits per heavy atom. The molecule has 3 nitrogen and oxygen atoms in total. The summed E-state index contributed by atoms with van der Waals surface area (Å²) in [6.07, 6.45) is 6.21. The van der Waals surface area contributed by atoms with Crippen molar-refractivity contribution in [3.8, 4) is 0 Å². The van der Waals surface area contributed by atoms with Crippen LogP contribution in [0.3, 0.4) is 0 Å². The van der Waals surface area contributed by atoms with Gasteiger partial charge in [-0.25, -0.2) is 0 Å². The molecule has 19 heavy (non-hydrogen) atoms. The van der Waals surface area contributed by atoms with E-state index in [1.54, 1.807) is 0 Å². The molecule has 1 aliphatic rings. The second-order valence-electron chi connectivity index (χ2n) is 6.90. The van der Waals surface area contributed by atoms with Crippen LogP contribution in [0.5, 0.6) is 0 Å². The van der Waals surface area contributed by atoms with E-state index in [4.69, 9.17) is 0 Å². The molecule has 0 aromatic rings. The molecule has 0 radical (unpaired) electrons. The maximum Gasteiger partial charge on any atom is 0.0586 e. The second kappa shape index (κ2) is 8.23. The fourth-order valence-electron chi connectivity index (χ4n) is 3.24.